The van der Waals surface area contributed by atoms with E-state index in [9.17, 15) is 9.59 Å². The molecule has 1 fully saturated rings. The van der Waals surface area contributed by atoms with Crippen molar-refractivity contribution in [2.45, 2.75) is 31.7 Å². The van der Waals surface area contributed by atoms with Crippen LogP contribution < -0.4 is 5.32 Å². The number of nitrogens with zero attached hydrogens (tertiary/aromatic N) is 2. The molecule has 0 aliphatic heterocycles. The number of pyridine rings is 1. The molecule has 0 radical (unpaired) electrons. The van der Waals surface area contributed by atoms with Crippen LogP contribution in [0.3, 0.4) is 0 Å². The predicted octanol–water partition coefficient (Wildman–Crippen LogP) is 1.84. The summed E-state index contributed by atoms with van der Waals surface area (Å²) in [5, 5.41) is 12.4. The van der Waals surface area contributed by atoms with E-state index in [-0.39, 0.29) is 17.9 Å². The van der Waals surface area contributed by atoms with E-state index in [0.29, 0.717) is 18.5 Å². The first kappa shape index (κ1) is 15.3. The molecular formula is C15H21N3O3. The highest BCUT2D eigenvalue weighted by atomic mass is 16.4. The fourth-order valence-corrected chi connectivity index (χ4v) is 2.59. The molecule has 1 aliphatic carbocycles. The lowest BCUT2D eigenvalue weighted by Gasteiger charge is -2.27. The lowest BCUT2D eigenvalue weighted by Crippen LogP contribution is -2.29. The molecule has 1 heterocycles. The van der Waals surface area contributed by atoms with E-state index in [1.165, 1.54) is 4.90 Å². The quantitative estimate of drug-likeness (QED) is 0.884. The number of anilines is 1. The SMILES string of the molecule is CN(C)C(=O)c1cc(NC2CCC(C(=O)O)CC2)ccn1. The maximum Gasteiger partial charge on any atom is 0.306 e. The molecule has 114 valence electrons. The smallest absolute Gasteiger partial charge is 0.306 e. The lowest BCUT2D eigenvalue weighted by atomic mass is 9.86. The van der Waals surface area contributed by atoms with E-state index in [4.69, 9.17) is 5.11 Å². The van der Waals surface area contributed by atoms with Gasteiger partial charge < -0.3 is 15.3 Å². The van der Waals surface area contributed by atoms with Crippen LogP contribution in [0.4, 0.5) is 5.69 Å². The van der Waals surface area contributed by atoms with E-state index in [0.717, 1.165) is 18.5 Å². The van der Waals surface area contributed by atoms with E-state index in [1.54, 1.807) is 26.4 Å². The highest BCUT2D eigenvalue weighted by Gasteiger charge is 2.25. The van der Waals surface area contributed by atoms with Crippen LogP contribution in [0.5, 0.6) is 0 Å². The fourth-order valence-electron chi connectivity index (χ4n) is 2.59. The number of hydrogen-bond donors (Lipinski definition) is 2. The van der Waals surface area contributed by atoms with Crippen molar-refractivity contribution in [2.24, 2.45) is 5.92 Å². The van der Waals surface area contributed by atoms with Gasteiger partial charge in [-0.25, -0.2) is 0 Å². The first-order valence-electron chi connectivity index (χ1n) is 7.14. The van der Waals surface area contributed by atoms with Crippen molar-refractivity contribution in [2.75, 3.05) is 19.4 Å². The van der Waals surface area contributed by atoms with Gasteiger partial charge in [0, 0.05) is 32.0 Å². The van der Waals surface area contributed by atoms with Crippen molar-refractivity contribution >= 4 is 17.6 Å². The van der Waals surface area contributed by atoms with Crippen LogP contribution in [0.25, 0.3) is 0 Å². The molecule has 0 atom stereocenters. The monoisotopic (exact) mass is 291 g/mol. The van der Waals surface area contributed by atoms with E-state index >= 15 is 0 Å². The van der Waals surface area contributed by atoms with Crippen molar-refractivity contribution in [1.82, 2.24) is 9.88 Å². The summed E-state index contributed by atoms with van der Waals surface area (Å²) in [6.45, 7) is 0. The van der Waals surface area contributed by atoms with Gasteiger partial charge in [0.2, 0.25) is 0 Å². The number of amides is 1. The molecule has 0 saturated heterocycles. The molecule has 2 N–H and O–H groups in total. The van der Waals surface area contributed by atoms with Gasteiger partial charge in [0.1, 0.15) is 5.69 Å². The van der Waals surface area contributed by atoms with E-state index in [2.05, 4.69) is 10.3 Å². The number of aliphatic carboxylic acids is 1. The van der Waals surface area contributed by atoms with E-state index < -0.39 is 5.97 Å². The molecule has 1 aromatic heterocycles. The topological polar surface area (TPSA) is 82.5 Å². The summed E-state index contributed by atoms with van der Waals surface area (Å²) in [6, 6.07) is 3.83. The molecule has 21 heavy (non-hydrogen) atoms. The molecule has 6 nitrogen and oxygen atoms in total. The van der Waals surface area contributed by atoms with Crippen molar-refractivity contribution in [3.05, 3.63) is 24.0 Å². The summed E-state index contributed by atoms with van der Waals surface area (Å²) in [5.74, 6) is -1.05. The minimum absolute atomic E-state index is 0.131. The highest BCUT2D eigenvalue weighted by Crippen LogP contribution is 2.26. The summed E-state index contributed by atoms with van der Waals surface area (Å²) >= 11 is 0. The molecule has 0 unspecified atom stereocenters. The van der Waals surface area contributed by atoms with Crippen molar-refractivity contribution in [3.8, 4) is 0 Å². The molecule has 0 spiro atoms. The summed E-state index contributed by atoms with van der Waals surface area (Å²) in [6.07, 6.45) is 4.66. The van der Waals surface area contributed by atoms with Gasteiger partial charge in [0.15, 0.2) is 0 Å². The van der Waals surface area contributed by atoms with Gasteiger partial charge in [-0.2, -0.15) is 0 Å². The molecule has 6 heteroatoms. The maximum atomic E-state index is 11.9. The number of rotatable bonds is 4. The molecule has 1 amide bonds. The highest BCUT2D eigenvalue weighted by molar-refractivity contribution is 5.92. The van der Waals surface area contributed by atoms with Gasteiger partial charge in [0.25, 0.3) is 5.91 Å². The van der Waals surface area contributed by atoms with Gasteiger partial charge in [-0.3, -0.25) is 14.6 Å². The van der Waals surface area contributed by atoms with E-state index in [1.807, 2.05) is 6.07 Å². The second kappa shape index (κ2) is 6.56. The number of aromatic nitrogens is 1. The largest absolute Gasteiger partial charge is 0.481 e. The van der Waals surface area contributed by atoms with Crippen LogP contribution >= 0.6 is 0 Å². The first-order valence-corrected chi connectivity index (χ1v) is 7.14. The Bertz CT molecular complexity index is 523. The maximum absolute atomic E-state index is 11.9. The van der Waals surface area contributed by atoms with Crippen molar-refractivity contribution in [1.29, 1.82) is 0 Å². The first-order chi connectivity index (χ1) is 9.97. The number of carboxylic acids is 1. The summed E-state index contributed by atoms with van der Waals surface area (Å²) in [4.78, 5) is 28.4. The predicted molar refractivity (Wildman–Crippen MR) is 79.3 cm³/mol. The van der Waals surface area contributed by atoms with Crippen LogP contribution in [0.2, 0.25) is 0 Å². The molecular weight excluding hydrogens is 270 g/mol. The molecule has 1 aliphatic rings. The molecule has 0 bridgehead atoms. The van der Waals surface area contributed by atoms with Crippen molar-refractivity contribution < 1.29 is 14.7 Å². The standard InChI is InChI=1S/C15H21N3O3/c1-18(2)14(19)13-9-12(7-8-16-13)17-11-5-3-10(4-6-11)15(20)21/h7-11H,3-6H2,1-2H3,(H,16,17)(H,20,21). The summed E-state index contributed by atoms with van der Waals surface area (Å²) in [7, 11) is 3.38. The lowest BCUT2D eigenvalue weighted by molar-refractivity contribution is -0.142. The molecule has 1 aromatic rings. The van der Waals surface area contributed by atoms with Gasteiger partial charge in [-0.05, 0) is 37.8 Å². The Hall–Kier alpha value is -2.11. The molecule has 2 rings (SSSR count). The van der Waals surface area contributed by atoms with Crippen molar-refractivity contribution in [3.63, 3.8) is 0 Å². The second-order valence-corrected chi connectivity index (χ2v) is 5.66. The average molecular weight is 291 g/mol. The van der Waals surface area contributed by atoms with Crippen LogP contribution in [-0.2, 0) is 4.79 Å². The third-order valence-electron chi connectivity index (χ3n) is 3.83. The Balaban J connectivity index is 1.96. The number of nitrogens with one attached hydrogen (secondary N) is 1. The zero-order valence-electron chi connectivity index (χ0n) is 12.4. The zero-order chi connectivity index (χ0) is 15.4. The number of hydrogen-bond acceptors (Lipinski definition) is 4. The average Bonchev–Trinajstić information content (AvgIpc) is 2.47. The third kappa shape index (κ3) is 3.93. The normalized spacial score (nSPS) is 21.6. The van der Waals surface area contributed by atoms with Gasteiger partial charge in [0.05, 0.1) is 5.92 Å². The molecule has 1 saturated carbocycles. The Labute approximate surface area is 124 Å². The van der Waals surface area contributed by atoms with Gasteiger partial charge in [-0.1, -0.05) is 0 Å². The van der Waals surface area contributed by atoms with Crippen LogP contribution in [0.1, 0.15) is 36.2 Å². The summed E-state index contributed by atoms with van der Waals surface area (Å²) < 4.78 is 0. The van der Waals surface area contributed by atoms with Gasteiger partial charge in [-0.15, -0.1) is 0 Å². The number of carbonyl (C=O) groups is 2. The number of carboxylic acid groups (broad SMARTS) is 1. The Morgan fingerprint density at radius 3 is 2.52 bits per heavy atom. The third-order valence-corrected chi connectivity index (χ3v) is 3.83. The zero-order valence-corrected chi connectivity index (χ0v) is 12.4. The Morgan fingerprint density at radius 2 is 1.95 bits per heavy atom. The molecule has 0 aromatic carbocycles. The Morgan fingerprint density at radius 1 is 1.29 bits per heavy atom. The minimum atomic E-state index is -0.698. The van der Waals surface area contributed by atoms with Crippen LogP contribution in [0, 0.1) is 5.92 Å². The summed E-state index contributed by atoms with van der Waals surface area (Å²) in [5.41, 5.74) is 1.26. The number of carbonyl (C=O) groups excluding carboxylic acids is 1. The fraction of sp³-hybridized carbons (Fsp3) is 0.533. The minimum Gasteiger partial charge on any atom is -0.481 e. The van der Waals surface area contributed by atoms with Crippen LogP contribution in [0.15, 0.2) is 18.3 Å². The van der Waals surface area contributed by atoms with Crippen LogP contribution in [-0.4, -0.2) is 47.0 Å². The second-order valence-electron chi connectivity index (χ2n) is 5.66. The van der Waals surface area contributed by atoms with Gasteiger partial charge >= 0.3 is 5.97 Å². The Kier molecular flexibility index (Phi) is 4.77.